The topological polar surface area (TPSA) is 48.2 Å². The van der Waals surface area contributed by atoms with E-state index in [0.717, 1.165) is 0 Å². The van der Waals surface area contributed by atoms with E-state index in [1.54, 1.807) is 24.5 Å². The number of hydrogen-bond donors (Lipinski definition) is 0. The average Bonchev–Trinajstić information content (AvgIpc) is 2.69. The van der Waals surface area contributed by atoms with Gasteiger partial charge in [-0.05, 0) is 12.1 Å². The van der Waals surface area contributed by atoms with Gasteiger partial charge in [-0.3, -0.25) is 4.98 Å². The average molecular weight is 175 g/mol. The first kappa shape index (κ1) is 7.79. The molecule has 2 rings (SSSR count). The predicted molar refractivity (Wildman–Crippen MR) is 43.9 cm³/mol. The van der Waals surface area contributed by atoms with Gasteiger partial charge in [-0.1, -0.05) is 0 Å². The zero-order valence-corrected chi connectivity index (χ0v) is 6.80. The highest BCUT2D eigenvalue weighted by atomic mass is 16.5. The second kappa shape index (κ2) is 3.71. The maximum Gasteiger partial charge on any atom is 0.232 e. The number of rotatable bonds is 3. The molecule has 0 bridgehead atoms. The van der Waals surface area contributed by atoms with Crippen molar-refractivity contribution in [2.45, 2.75) is 6.61 Å². The van der Waals surface area contributed by atoms with Crippen molar-refractivity contribution < 1.29 is 9.15 Å². The SMILES string of the molecule is [c]1ncccc1OCc1ncco1. The first-order valence-corrected chi connectivity index (χ1v) is 3.79. The normalized spacial score (nSPS) is 9.85. The maximum absolute atomic E-state index is 5.28. The van der Waals surface area contributed by atoms with Crippen molar-refractivity contribution in [2.75, 3.05) is 0 Å². The van der Waals surface area contributed by atoms with Crippen molar-refractivity contribution in [1.82, 2.24) is 9.97 Å². The van der Waals surface area contributed by atoms with Gasteiger partial charge in [-0.15, -0.1) is 0 Å². The summed E-state index contributed by atoms with van der Waals surface area (Å²) in [4.78, 5) is 7.69. The fourth-order valence-electron chi connectivity index (χ4n) is 0.856. The number of ether oxygens (including phenoxy) is 1. The Morgan fingerprint density at radius 2 is 2.46 bits per heavy atom. The van der Waals surface area contributed by atoms with E-state index in [1.165, 1.54) is 6.26 Å². The Balaban J connectivity index is 1.94. The molecule has 4 nitrogen and oxygen atoms in total. The van der Waals surface area contributed by atoms with Crippen molar-refractivity contribution in [1.29, 1.82) is 0 Å². The van der Waals surface area contributed by atoms with Gasteiger partial charge in [0.15, 0.2) is 6.61 Å². The van der Waals surface area contributed by atoms with E-state index in [2.05, 4.69) is 16.2 Å². The minimum atomic E-state index is 0.301. The largest absolute Gasteiger partial charge is 0.482 e. The summed E-state index contributed by atoms with van der Waals surface area (Å²) >= 11 is 0. The smallest absolute Gasteiger partial charge is 0.232 e. The summed E-state index contributed by atoms with van der Waals surface area (Å²) in [7, 11) is 0. The number of pyridine rings is 1. The Bertz CT molecular complexity index is 345. The fourth-order valence-corrected chi connectivity index (χ4v) is 0.856. The lowest BCUT2D eigenvalue weighted by Gasteiger charge is -2.00. The van der Waals surface area contributed by atoms with Gasteiger partial charge in [0.05, 0.1) is 6.20 Å². The molecule has 0 amide bonds. The molecule has 13 heavy (non-hydrogen) atoms. The van der Waals surface area contributed by atoms with Crippen molar-refractivity contribution in [2.24, 2.45) is 0 Å². The lowest BCUT2D eigenvalue weighted by Crippen LogP contribution is -1.95. The van der Waals surface area contributed by atoms with E-state index < -0.39 is 0 Å². The Morgan fingerprint density at radius 1 is 1.46 bits per heavy atom. The lowest BCUT2D eigenvalue weighted by atomic mass is 10.5. The highest BCUT2D eigenvalue weighted by Gasteiger charge is 1.98. The number of hydrogen-bond acceptors (Lipinski definition) is 4. The predicted octanol–water partition coefficient (Wildman–Crippen LogP) is 1.45. The lowest BCUT2D eigenvalue weighted by molar-refractivity contribution is 0.261. The molecule has 0 atom stereocenters. The van der Waals surface area contributed by atoms with E-state index in [4.69, 9.17) is 9.15 Å². The van der Waals surface area contributed by atoms with Crippen LogP contribution < -0.4 is 4.74 Å². The zero-order valence-electron chi connectivity index (χ0n) is 6.80. The van der Waals surface area contributed by atoms with Crippen LogP contribution in [0.15, 0.2) is 35.2 Å². The molecular weight excluding hydrogens is 168 g/mol. The molecule has 0 aliphatic carbocycles. The van der Waals surface area contributed by atoms with Gasteiger partial charge in [0.2, 0.25) is 5.89 Å². The van der Waals surface area contributed by atoms with Crippen LogP contribution >= 0.6 is 0 Å². The van der Waals surface area contributed by atoms with Crippen molar-refractivity contribution in [3.63, 3.8) is 0 Å². The molecule has 0 unspecified atom stereocenters. The van der Waals surface area contributed by atoms with Crippen LogP contribution in [0.4, 0.5) is 0 Å². The number of aromatic nitrogens is 2. The van der Waals surface area contributed by atoms with Crippen molar-refractivity contribution in [3.05, 3.63) is 42.9 Å². The van der Waals surface area contributed by atoms with Crippen LogP contribution in [0.2, 0.25) is 0 Å². The summed E-state index contributed by atoms with van der Waals surface area (Å²) in [5.74, 6) is 1.12. The molecule has 0 aliphatic heterocycles. The number of oxazole rings is 1. The molecule has 0 spiro atoms. The van der Waals surface area contributed by atoms with Crippen molar-refractivity contribution >= 4 is 0 Å². The Kier molecular flexibility index (Phi) is 2.22. The Morgan fingerprint density at radius 3 is 3.15 bits per heavy atom. The zero-order chi connectivity index (χ0) is 8.93. The molecular formula is C9H7N2O2. The third kappa shape index (κ3) is 2.05. The molecule has 0 fully saturated rings. The van der Waals surface area contributed by atoms with Gasteiger partial charge in [0.25, 0.3) is 0 Å². The first-order valence-electron chi connectivity index (χ1n) is 3.79. The molecule has 2 aromatic heterocycles. The van der Waals surface area contributed by atoms with Gasteiger partial charge in [0.1, 0.15) is 18.2 Å². The van der Waals surface area contributed by atoms with Gasteiger partial charge in [-0.2, -0.15) is 0 Å². The van der Waals surface area contributed by atoms with E-state index in [-0.39, 0.29) is 0 Å². The molecule has 2 heterocycles. The minimum absolute atomic E-state index is 0.301. The molecule has 65 valence electrons. The van der Waals surface area contributed by atoms with Crippen LogP contribution in [-0.2, 0) is 6.61 Å². The van der Waals surface area contributed by atoms with Crippen LogP contribution in [0.5, 0.6) is 5.75 Å². The van der Waals surface area contributed by atoms with Gasteiger partial charge in [-0.25, -0.2) is 4.98 Å². The quantitative estimate of drug-likeness (QED) is 0.708. The minimum Gasteiger partial charge on any atom is -0.482 e. The standard InChI is InChI=1S/C9H7N2O2/c1-2-8(6-10-3-1)13-7-9-11-4-5-12-9/h1-5H,7H2. The first-order chi connectivity index (χ1) is 6.45. The van der Waals surface area contributed by atoms with E-state index in [1.807, 2.05) is 0 Å². The van der Waals surface area contributed by atoms with Crippen molar-refractivity contribution in [3.8, 4) is 5.75 Å². The Labute approximate surface area is 75.2 Å². The molecule has 0 aromatic carbocycles. The molecule has 4 heteroatoms. The highest BCUT2D eigenvalue weighted by molar-refractivity contribution is 5.13. The molecule has 0 saturated carbocycles. The highest BCUT2D eigenvalue weighted by Crippen LogP contribution is 2.07. The summed E-state index contributed by atoms with van der Waals surface area (Å²) in [5.41, 5.74) is 0. The maximum atomic E-state index is 5.28. The summed E-state index contributed by atoms with van der Waals surface area (Å²) in [6.45, 7) is 0.301. The summed E-state index contributed by atoms with van der Waals surface area (Å²) in [5, 5.41) is 0. The second-order valence-corrected chi connectivity index (χ2v) is 2.33. The monoisotopic (exact) mass is 175 g/mol. The molecule has 1 radical (unpaired) electrons. The van der Waals surface area contributed by atoms with E-state index in [9.17, 15) is 0 Å². The van der Waals surface area contributed by atoms with Crippen LogP contribution in [0.1, 0.15) is 5.89 Å². The van der Waals surface area contributed by atoms with Gasteiger partial charge < -0.3 is 9.15 Å². The summed E-state index contributed by atoms with van der Waals surface area (Å²) < 4.78 is 10.3. The third-order valence-electron chi connectivity index (χ3n) is 1.42. The second-order valence-electron chi connectivity index (χ2n) is 2.33. The van der Waals surface area contributed by atoms with Gasteiger partial charge in [0, 0.05) is 6.20 Å². The molecule has 0 aliphatic rings. The molecule has 0 N–H and O–H groups in total. The number of nitrogens with zero attached hydrogens (tertiary/aromatic N) is 2. The Hall–Kier alpha value is -1.84. The van der Waals surface area contributed by atoms with Crippen LogP contribution in [0.3, 0.4) is 0 Å². The molecule has 0 saturated heterocycles. The summed E-state index contributed by atoms with van der Waals surface area (Å²) in [6.07, 6.45) is 7.41. The van der Waals surface area contributed by atoms with Crippen LogP contribution in [0.25, 0.3) is 0 Å². The third-order valence-corrected chi connectivity index (χ3v) is 1.42. The van der Waals surface area contributed by atoms with Gasteiger partial charge >= 0.3 is 0 Å². The van der Waals surface area contributed by atoms with Crippen LogP contribution in [-0.4, -0.2) is 9.97 Å². The van der Waals surface area contributed by atoms with E-state index >= 15 is 0 Å². The molecule has 2 aromatic rings. The fraction of sp³-hybridized carbons (Fsp3) is 0.111. The van der Waals surface area contributed by atoms with E-state index in [0.29, 0.717) is 18.2 Å². The summed E-state index contributed by atoms with van der Waals surface area (Å²) in [6, 6.07) is 3.55. The van der Waals surface area contributed by atoms with Crippen LogP contribution in [0, 0.1) is 6.20 Å².